The van der Waals surface area contributed by atoms with Crippen LogP contribution in [-0.4, -0.2) is 17.3 Å². The van der Waals surface area contributed by atoms with Crippen LogP contribution < -0.4 is 10.5 Å². The van der Waals surface area contributed by atoms with E-state index in [1.54, 1.807) is 6.07 Å². The average Bonchev–Trinajstić information content (AvgIpc) is 2.07. The van der Waals surface area contributed by atoms with Gasteiger partial charge in [0.2, 0.25) is 5.88 Å². The third-order valence-corrected chi connectivity index (χ3v) is 1.46. The number of pyridine rings is 1. The molecule has 0 aliphatic rings. The Bertz CT molecular complexity index is 310. The molecule has 0 unspecified atom stereocenters. The molecule has 1 rings (SSSR count). The third-order valence-electron chi connectivity index (χ3n) is 1.46. The van der Waals surface area contributed by atoms with E-state index in [0.29, 0.717) is 17.1 Å². The predicted octanol–water partition coefficient (Wildman–Crippen LogP) is 1.45. The minimum absolute atomic E-state index is 0.0784. The summed E-state index contributed by atoms with van der Waals surface area (Å²) in [5.74, 6) is 0.503. The molecule has 0 fully saturated rings. The zero-order valence-electron chi connectivity index (χ0n) is 7.74. The van der Waals surface area contributed by atoms with Gasteiger partial charge in [-0.05, 0) is 13.8 Å². The van der Waals surface area contributed by atoms with Gasteiger partial charge < -0.3 is 15.9 Å². The topological polar surface area (TPSA) is 72.0 Å². The fraction of sp³-hybridized carbons (Fsp3) is 0.333. The fourth-order valence-electron chi connectivity index (χ4n) is 0.892. The standard InChI is InChI=1S/C9H13N3O/c1-6(2)13-9-3-7(4-10)8(11)5-12-9/h3-6,10H,11H2,1-2H3. The second kappa shape index (κ2) is 3.89. The van der Waals surface area contributed by atoms with Crippen molar-refractivity contribution in [3.63, 3.8) is 0 Å². The fourth-order valence-corrected chi connectivity index (χ4v) is 0.892. The number of ether oxygens (including phenoxy) is 1. The van der Waals surface area contributed by atoms with Crippen molar-refractivity contribution in [2.45, 2.75) is 20.0 Å². The Morgan fingerprint density at radius 1 is 1.62 bits per heavy atom. The molecule has 0 atom stereocenters. The molecule has 0 spiro atoms. The van der Waals surface area contributed by atoms with E-state index < -0.39 is 0 Å². The molecule has 4 nitrogen and oxygen atoms in total. The minimum atomic E-state index is 0.0784. The smallest absolute Gasteiger partial charge is 0.214 e. The molecule has 0 saturated heterocycles. The molecule has 1 aromatic rings. The summed E-state index contributed by atoms with van der Waals surface area (Å²) in [5.41, 5.74) is 6.68. The summed E-state index contributed by atoms with van der Waals surface area (Å²) in [6, 6.07) is 1.66. The number of nitrogens with two attached hydrogens (primary N) is 1. The first-order valence-corrected chi connectivity index (χ1v) is 4.06. The van der Waals surface area contributed by atoms with Crippen molar-refractivity contribution >= 4 is 11.9 Å². The Kier molecular flexibility index (Phi) is 2.84. The summed E-state index contributed by atoms with van der Waals surface area (Å²) in [6.07, 6.45) is 2.76. The molecular formula is C9H13N3O. The van der Waals surface area contributed by atoms with Crippen molar-refractivity contribution in [2.75, 3.05) is 5.73 Å². The second-order valence-corrected chi connectivity index (χ2v) is 2.96. The lowest BCUT2D eigenvalue weighted by Crippen LogP contribution is -2.07. The van der Waals surface area contributed by atoms with Crippen LogP contribution in [0.3, 0.4) is 0 Å². The molecule has 1 aromatic heterocycles. The first kappa shape index (κ1) is 9.51. The van der Waals surface area contributed by atoms with Gasteiger partial charge in [0.25, 0.3) is 0 Å². The predicted molar refractivity (Wildman–Crippen MR) is 52.3 cm³/mol. The van der Waals surface area contributed by atoms with Crippen molar-refractivity contribution < 1.29 is 4.74 Å². The van der Waals surface area contributed by atoms with Crippen LogP contribution in [0.2, 0.25) is 0 Å². The molecule has 0 saturated carbocycles. The Hall–Kier alpha value is -1.58. The average molecular weight is 179 g/mol. The number of nitrogens with zero attached hydrogens (tertiary/aromatic N) is 1. The molecule has 0 radical (unpaired) electrons. The highest BCUT2D eigenvalue weighted by Gasteiger charge is 2.02. The molecule has 4 heteroatoms. The summed E-state index contributed by atoms with van der Waals surface area (Å²) >= 11 is 0. The van der Waals surface area contributed by atoms with E-state index in [9.17, 15) is 0 Å². The van der Waals surface area contributed by atoms with Crippen LogP contribution in [0.15, 0.2) is 12.3 Å². The number of nitrogen functional groups attached to an aromatic ring is 1. The normalized spacial score (nSPS) is 10.1. The van der Waals surface area contributed by atoms with Crippen LogP contribution in [0.4, 0.5) is 5.69 Å². The Morgan fingerprint density at radius 2 is 2.31 bits per heavy atom. The maximum absolute atomic E-state index is 7.08. The van der Waals surface area contributed by atoms with Crippen LogP contribution in [0, 0.1) is 5.41 Å². The quantitative estimate of drug-likeness (QED) is 0.690. The van der Waals surface area contributed by atoms with Gasteiger partial charge in [-0.25, -0.2) is 4.98 Å². The van der Waals surface area contributed by atoms with Gasteiger partial charge in [-0.1, -0.05) is 0 Å². The molecule has 1 heterocycles. The minimum Gasteiger partial charge on any atom is -0.475 e. The van der Waals surface area contributed by atoms with Crippen molar-refractivity contribution in [1.82, 2.24) is 4.98 Å². The molecular weight excluding hydrogens is 166 g/mol. The van der Waals surface area contributed by atoms with Crippen LogP contribution in [0.25, 0.3) is 0 Å². The number of aromatic nitrogens is 1. The number of hydrogen-bond donors (Lipinski definition) is 2. The van der Waals surface area contributed by atoms with Crippen molar-refractivity contribution in [3.8, 4) is 5.88 Å². The lowest BCUT2D eigenvalue weighted by atomic mass is 10.2. The Morgan fingerprint density at radius 3 is 2.85 bits per heavy atom. The SMILES string of the molecule is CC(C)Oc1cc(C=N)c(N)cn1. The summed E-state index contributed by atoms with van der Waals surface area (Å²) < 4.78 is 5.34. The molecule has 0 aliphatic carbocycles. The van der Waals surface area contributed by atoms with Gasteiger partial charge in [0.15, 0.2) is 0 Å². The van der Waals surface area contributed by atoms with Crippen molar-refractivity contribution in [2.24, 2.45) is 0 Å². The zero-order valence-corrected chi connectivity index (χ0v) is 7.74. The van der Waals surface area contributed by atoms with Gasteiger partial charge in [0.1, 0.15) is 0 Å². The second-order valence-electron chi connectivity index (χ2n) is 2.96. The summed E-state index contributed by atoms with van der Waals surface area (Å²) in [6.45, 7) is 3.84. The lowest BCUT2D eigenvalue weighted by molar-refractivity contribution is 0.232. The summed E-state index contributed by atoms with van der Waals surface area (Å²) in [4.78, 5) is 3.98. The Balaban J connectivity index is 2.92. The largest absolute Gasteiger partial charge is 0.475 e. The number of nitrogens with one attached hydrogen (secondary N) is 1. The zero-order chi connectivity index (χ0) is 9.84. The number of hydrogen-bond acceptors (Lipinski definition) is 4. The van der Waals surface area contributed by atoms with Gasteiger partial charge in [-0.2, -0.15) is 0 Å². The molecule has 0 aliphatic heterocycles. The highest BCUT2D eigenvalue weighted by Crippen LogP contribution is 2.15. The first-order chi connectivity index (χ1) is 6.13. The van der Waals surface area contributed by atoms with Gasteiger partial charge in [0, 0.05) is 17.8 Å². The Labute approximate surface area is 77.2 Å². The van der Waals surface area contributed by atoms with Crippen molar-refractivity contribution in [1.29, 1.82) is 5.41 Å². The maximum atomic E-state index is 7.08. The van der Waals surface area contributed by atoms with E-state index in [2.05, 4.69) is 4.98 Å². The van der Waals surface area contributed by atoms with Crippen LogP contribution in [-0.2, 0) is 0 Å². The van der Waals surface area contributed by atoms with Crippen LogP contribution >= 0.6 is 0 Å². The summed E-state index contributed by atoms with van der Waals surface area (Å²) in [5, 5.41) is 7.08. The first-order valence-electron chi connectivity index (χ1n) is 4.06. The molecule has 70 valence electrons. The van der Waals surface area contributed by atoms with Gasteiger partial charge in [-0.3, -0.25) is 0 Å². The van der Waals surface area contributed by atoms with Crippen LogP contribution in [0.1, 0.15) is 19.4 Å². The van der Waals surface area contributed by atoms with Gasteiger partial charge in [-0.15, -0.1) is 0 Å². The summed E-state index contributed by atoms with van der Waals surface area (Å²) in [7, 11) is 0. The molecule has 0 aromatic carbocycles. The monoisotopic (exact) mass is 179 g/mol. The molecule has 3 N–H and O–H groups in total. The number of rotatable bonds is 3. The van der Waals surface area contributed by atoms with Gasteiger partial charge >= 0.3 is 0 Å². The van der Waals surface area contributed by atoms with E-state index in [4.69, 9.17) is 15.9 Å². The van der Waals surface area contributed by atoms with E-state index in [1.165, 1.54) is 12.4 Å². The van der Waals surface area contributed by atoms with E-state index in [-0.39, 0.29) is 6.10 Å². The maximum Gasteiger partial charge on any atom is 0.214 e. The van der Waals surface area contributed by atoms with Gasteiger partial charge in [0.05, 0.1) is 18.0 Å². The highest BCUT2D eigenvalue weighted by molar-refractivity contribution is 5.84. The third kappa shape index (κ3) is 2.43. The van der Waals surface area contributed by atoms with E-state index >= 15 is 0 Å². The molecule has 0 amide bonds. The lowest BCUT2D eigenvalue weighted by Gasteiger charge is -2.09. The van der Waals surface area contributed by atoms with Crippen molar-refractivity contribution in [3.05, 3.63) is 17.8 Å². The van der Waals surface area contributed by atoms with E-state index in [1.807, 2.05) is 13.8 Å². The van der Waals surface area contributed by atoms with E-state index in [0.717, 1.165) is 0 Å². The molecule has 13 heavy (non-hydrogen) atoms. The number of anilines is 1. The molecule has 0 bridgehead atoms. The van der Waals surface area contributed by atoms with Crippen LogP contribution in [0.5, 0.6) is 5.88 Å². The highest BCUT2D eigenvalue weighted by atomic mass is 16.5.